The van der Waals surface area contributed by atoms with Gasteiger partial charge < -0.3 is 15.8 Å². The molecule has 0 aromatic carbocycles. The number of nitrogens with two attached hydrogens (primary N) is 1. The van der Waals surface area contributed by atoms with Gasteiger partial charge in [0.1, 0.15) is 0 Å². The predicted molar refractivity (Wildman–Crippen MR) is 61.8 cm³/mol. The van der Waals surface area contributed by atoms with E-state index in [9.17, 15) is 4.79 Å². The van der Waals surface area contributed by atoms with Crippen molar-refractivity contribution in [3.05, 3.63) is 0 Å². The zero-order valence-electron chi connectivity index (χ0n) is 10.2. The third-order valence-corrected chi connectivity index (χ3v) is 1.99. The topological polar surface area (TPSA) is 64.3 Å². The summed E-state index contributed by atoms with van der Waals surface area (Å²) in [5.74, 6) is 0.225. The first-order valence-electron chi connectivity index (χ1n) is 5.56. The van der Waals surface area contributed by atoms with Crippen LogP contribution in [0, 0.1) is 5.92 Å². The Morgan fingerprint density at radius 2 is 1.93 bits per heavy atom. The molecule has 0 aliphatic heterocycles. The molecule has 0 aromatic rings. The molecular weight excluding hydrogens is 192 g/mol. The molecule has 0 saturated heterocycles. The second kappa shape index (κ2) is 7.79. The second-order valence-electron chi connectivity index (χ2n) is 4.29. The molecule has 0 saturated carbocycles. The van der Waals surface area contributed by atoms with Crippen LogP contribution in [-0.4, -0.2) is 37.6 Å². The van der Waals surface area contributed by atoms with Crippen molar-refractivity contribution in [1.29, 1.82) is 0 Å². The van der Waals surface area contributed by atoms with E-state index >= 15 is 0 Å². The Morgan fingerprint density at radius 3 is 2.33 bits per heavy atom. The van der Waals surface area contributed by atoms with Crippen LogP contribution in [0.25, 0.3) is 0 Å². The smallest absolute Gasteiger partial charge is 0.154 e. The molecule has 0 fully saturated rings. The standard InChI is InChI=1S/C11H24N2O2/c1-8(2)11(14)10(13-9(3)4)7-15-6-5-12/h8-10,13H,5-7,12H2,1-4H3/t10-/m0/s1. The first-order valence-corrected chi connectivity index (χ1v) is 5.56. The molecule has 0 bridgehead atoms. The van der Waals surface area contributed by atoms with Crippen molar-refractivity contribution in [2.75, 3.05) is 19.8 Å². The van der Waals surface area contributed by atoms with Crippen LogP contribution in [-0.2, 0) is 9.53 Å². The van der Waals surface area contributed by atoms with E-state index in [-0.39, 0.29) is 23.8 Å². The molecule has 0 unspecified atom stereocenters. The Morgan fingerprint density at radius 1 is 1.33 bits per heavy atom. The number of carbonyl (C=O) groups is 1. The van der Waals surface area contributed by atoms with Gasteiger partial charge in [0, 0.05) is 18.5 Å². The Balaban J connectivity index is 4.11. The summed E-state index contributed by atoms with van der Waals surface area (Å²) in [5.41, 5.74) is 5.32. The molecule has 0 aliphatic carbocycles. The quantitative estimate of drug-likeness (QED) is 0.582. The first-order chi connectivity index (χ1) is 6.99. The third-order valence-electron chi connectivity index (χ3n) is 1.99. The van der Waals surface area contributed by atoms with E-state index in [1.165, 1.54) is 0 Å². The maximum absolute atomic E-state index is 11.8. The van der Waals surface area contributed by atoms with Crippen LogP contribution >= 0.6 is 0 Å². The van der Waals surface area contributed by atoms with Gasteiger partial charge >= 0.3 is 0 Å². The number of ether oxygens (including phenoxy) is 1. The minimum atomic E-state index is -0.212. The van der Waals surface area contributed by atoms with Gasteiger partial charge in [-0.3, -0.25) is 4.79 Å². The highest BCUT2D eigenvalue weighted by molar-refractivity contribution is 5.85. The van der Waals surface area contributed by atoms with Gasteiger partial charge in [-0.1, -0.05) is 27.7 Å². The minimum Gasteiger partial charge on any atom is -0.378 e. The number of ketones is 1. The zero-order chi connectivity index (χ0) is 11.8. The van der Waals surface area contributed by atoms with Crippen molar-refractivity contribution < 1.29 is 9.53 Å². The van der Waals surface area contributed by atoms with Crippen LogP contribution in [0.15, 0.2) is 0 Å². The molecule has 0 aliphatic rings. The molecule has 4 heteroatoms. The van der Waals surface area contributed by atoms with E-state index in [0.29, 0.717) is 19.8 Å². The normalized spacial score (nSPS) is 13.5. The average Bonchev–Trinajstić information content (AvgIpc) is 2.14. The molecule has 0 heterocycles. The van der Waals surface area contributed by atoms with Gasteiger partial charge in [-0.25, -0.2) is 0 Å². The number of hydrogen-bond donors (Lipinski definition) is 2. The van der Waals surface area contributed by atoms with Crippen molar-refractivity contribution in [1.82, 2.24) is 5.32 Å². The Kier molecular flexibility index (Phi) is 7.56. The minimum absolute atomic E-state index is 0.0303. The van der Waals surface area contributed by atoms with Gasteiger partial charge in [-0.2, -0.15) is 0 Å². The average molecular weight is 216 g/mol. The maximum Gasteiger partial charge on any atom is 0.154 e. The number of rotatable bonds is 8. The zero-order valence-corrected chi connectivity index (χ0v) is 10.2. The van der Waals surface area contributed by atoms with Crippen LogP contribution in [0.5, 0.6) is 0 Å². The van der Waals surface area contributed by atoms with E-state index in [0.717, 1.165) is 0 Å². The van der Waals surface area contributed by atoms with Gasteiger partial charge in [0.25, 0.3) is 0 Å². The van der Waals surface area contributed by atoms with Crippen LogP contribution in [0.3, 0.4) is 0 Å². The van der Waals surface area contributed by atoms with Crippen molar-refractivity contribution in [3.8, 4) is 0 Å². The van der Waals surface area contributed by atoms with E-state index < -0.39 is 0 Å². The SMILES string of the molecule is CC(C)N[C@@H](COCCN)C(=O)C(C)C. The fourth-order valence-corrected chi connectivity index (χ4v) is 1.30. The lowest BCUT2D eigenvalue weighted by Gasteiger charge is -2.21. The van der Waals surface area contributed by atoms with E-state index in [2.05, 4.69) is 5.32 Å². The molecule has 0 radical (unpaired) electrons. The van der Waals surface area contributed by atoms with Gasteiger partial charge in [0.05, 0.1) is 19.3 Å². The van der Waals surface area contributed by atoms with Gasteiger partial charge in [-0.15, -0.1) is 0 Å². The third kappa shape index (κ3) is 6.60. The molecule has 15 heavy (non-hydrogen) atoms. The van der Waals surface area contributed by atoms with Gasteiger partial charge in [0.15, 0.2) is 5.78 Å². The van der Waals surface area contributed by atoms with Crippen molar-refractivity contribution in [3.63, 3.8) is 0 Å². The summed E-state index contributed by atoms with van der Waals surface area (Å²) in [6.07, 6.45) is 0. The number of hydrogen-bond acceptors (Lipinski definition) is 4. The lowest BCUT2D eigenvalue weighted by molar-refractivity contribution is -0.125. The summed E-state index contributed by atoms with van der Waals surface area (Å²) >= 11 is 0. The van der Waals surface area contributed by atoms with Crippen LogP contribution in [0.4, 0.5) is 0 Å². The Labute approximate surface area is 92.6 Å². The van der Waals surface area contributed by atoms with Crippen molar-refractivity contribution in [2.45, 2.75) is 39.8 Å². The van der Waals surface area contributed by atoms with E-state index in [1.54, 1.807) is 0 Å². The van der Waals surface area contributed by atoms with Crippen LogP contribution < -0.4 is 11.1 Å². The highest BCUT2D eigenvalue weighted by Gasteiger charge is 2.21. The maximum atomic E-state index is 11.8. The molecule has 0 spiro atoms. The summed E-state index contributed by atoms with van der Waals surface area (Å²) in [7, 11) is 0. The lowest BCUT2D eigenvalue weighted by atomic mass is 10.0. The van der Waals surface area contributed by atoms with E-state index in [1.807, 2.05) is 27.7 Å². The van der Waals surface area contributed by atoms with Gasteiger partial charge in [0.2, 0.25) is 0 Å². The Hall–Kier alpha value is -0.450. The highest BCUT2D eigenvalue weighted by atomic mass is 16.5. The van der Waals surface area contributed by atoms with Crippen molar-refractivity contribution >= 4 is 5.78 Å². The molecule has 1 atom stereocenters. The summed E-state index contributed by atoms with van der Waals surface area (Å²) in [6, 6.07) is 0.0655. The summed E-state index contributed by atoms with van der Waals surface area (Å²) in [4.78, 5) is 11.8. The summed E-state index contributed by atoms with van der Waals surface area (Å²) in [5, 5.41) is 3.20. The predicted octanol–water partition coefficient (Wildman–Crippen LogP) is 0.553. The van der Waals surface area contributed by atoms with Crippen LogP contribution in [0.1, 0.15) is 27.7 Å². The molecule has 90 valence electrons. The van der Waals surface area contributed by atoms with Crippen LogP contribution in [0.2, 0.25) is 0 Å². The molecule has 0 rings (SSSR count). The summed E-state index contributed by atoms with van der Waals surface area (Å²) in [6.45, 7) is 9.24. The molecule has 3 N–H and O–H groups in total. The Bertz CT molecular complexity index is 181. The molecule has 0 amide bonds. The second-order valence-corrected chi connectivity index (χ2v) is 4.29. The lowest BCUT2D eigenvalue weighted by Crippen LogP contribution is -2.46. The highest BCUT2D eigenvalue weighted by Crippen LogP contribution is 2.02. The van der Waals surface area contributed by atoms with E-state index in [4.69, 9.17) is 10.5 Å². The summed E-state index contributed by atoms with van der Waals surface area (Å²) < 4.78 is 5.31. The number of Topliss-reactive ketones (excluding diaryl/α,β-unsaturated/α-hetero) is 1. The largest absolute Gasteiger partial charge is 0.378 e. The monoisotopic (exact) mass is 216 g/mol. The molecular formula is C11H24N2O2. The number of carbonyl (C=O) groups excluding carboxylic acids is 1. The number of nitrogens with one attached hydrogen (secondary N) is 1. The van der Waals surface area contributed by atoms with Crippen molar-refractivity contribution in [2.24, 2.45) is 11.7 Å². The first kappa shape index (κ1) is 14.6. The fraction of sp³-hybridized carbons (Fsp3) is 0.909. The fourth-order valence-electron chi connectivity index (χ4n) is 1.30. The molecule has 0 aromatic heterocycles. The van der Waals surface area contributed by atoms with Gasteiger partial charge in [-0.05, 0) is 0 Å². The molecule has 4 nitrogen and oxygen atoms in total.